The predicted octanol–water partition coefficient (Wildman–Crippen LogP) is 2.34. The second-order valence-electron chi connectivity index (χ2n) is 5.48. The van der Waals surface area contributed by atoms with E-state index in [4.69, 9.17) is 4.74 Å². The summed E-state index contributed by atoms with van der Waals surface area (Å²) in [7, 11) is 1.50. The number of aliphatic hydroxyl groups is 1. The van der Waals surface area contributed by atoms with Gasteiger partial charge in [0.05, 0.1) is 23.7 Å². The molecule has 6 heteroatoms. The first-order valence-corrected chi connectivity index (χ1v) is 6.72. The van der Waals surface area contributed by atoms with Crippen LogP contribution in [0, 0.1) is 10.1 Å². The first kappa shape index (κ1) is 14.6. The van der Waals surface area contributed by atoms with Crippen molar-refractivity contribution in [1.82, 2.24) is 0 Å². The van der Waals surface area contributed by atoms with E-state index in [9.17, 15) is 15.2 Å². The number of hydrogen-bond acceptors (Lipinski definition) is 5. The molecule has 1 N–H and O–H groups in total. The second-order valence-corrected chi connectivity index (χ2v) is 5.48. The van der Waals surface area contributed by atoms with E-state index in [0.29, 0.717) is 18.7 Å². The molecule has 1 aromatic carbocycles. The van der Waals surface area contributed by atoms with E-state index >= 15 is 0 Å². The van der Waals surface area contributed by atoms with Crippen molar-refractivity contribution in [3.63, 3.8) is 0 Å². The maximum atomic E-state index is 11.0. The minimum atomic E-state index is -0.653. The van der Waals surface area contributed by atoms with Crippen LogP contribution >= 0.6 is 0 Å². The molecule has 0 spiro atoms. The van der Waals surface area contributed by atoms with E-state index in [-0.39, 0.29) is 5.69 Å². The number of ether oxygens (including phenoxy) is 1. The third-order valence-electron chi connectivity index (χ3n) is 3.75. The monoisotopic (exact) mass is 280 g/mol. The van der Waals surface area contributed by atoms with Gasteiger partial charge in [0, 0.05) is 30.9 Å². The van der Waals surface area contributed by atoms with E-state index in [1.54, 1.807) is 12.1 Å². The van der Waals surface area contributed by atoms with Gasteiger partial charge in [-0.05, 0) is 26.2 Å². The molecule has 110 valence electrons. The third kappa shape index (κ3) is 3.39. The van der Waals surface area contributed by atoms with Crippen molar-refractivity contribution in [3.05, 3.63) is 28.3 Å². The quantitative estimate of drug-likeness (QED) is 0.679. The molecule has 1 aliphatic rings. The molecule has 1 aliphatic heterocycles. The van der Waals surface area contributed by atoms with E-state index in [0.717, 1.165) is 25.1 Å². The topological polar surface area (TPSA) is 75.8 Å². The van der Waals surface area contributed by atoms with Crippen LogP contribution in [0.2, 0.25) is 0 Å². The normalized spacial score (nSPS) is 23.2. The molecule has 0 aromatic heterocycles. The summed E-state index contributed by atoms with van der Waals surface area (Å²) in [6.45, 7) is 3.29. The van der Waals surface area contributed by atoms with Crippen LogP contribution in [0.1, 0.15) is 26.2 Å². The third-order valence-corrected chi connectivity index (χ3v) is 3.75. The van der Waals surface area contributed by atoms with Crippen LogP contribution < -0.4 is 9.64 Å². The van der Waals surface area contributed by atoms with E-state index in [1.807, 2.05) is 6.92 Å². The van der Waals surface area contributed by atoms with Gasteiger partial charge >= 0.3 is 0 Å². The Morgan fingerprint density at radius 1 is 1.35 bits per heavy atom. The molecule has 1 fully saturated rings. The van der Waals surface area contributed by atoms with Gasteiger partial charge in [0.2, 0.25) is 0 Å². The first-order chi connectivity index (χ1) is 9.41. The molecule has 1 heterocycles. The molecule has 0 bridgehead atoms. The van der Waals surface area contributed by atoms with Gasteiger partial charge in [-0.3, -0.25) is 10.1 Å². The first-order valence-electron chi connectivity index (χ1n) is 6.72. The number of benzene rings is 1. The number of nitro groups is 1. The van der Waals surface area contributed by atoms with Gasteiger partial charge in [0.15, 0.2) is 0 Å². The molecule has 20 heavy (non-hydrogen) atoms. The van der Waals surface area contributed by atoms with Crippen LogP contribution in [0.3, 0.4) is 0 Å². The van der Waals surface area contributed by atoms with Crippen LogP contribution in [-0.2, 0) is 0 Å². The fourth-order valence-corrected chi connectivity index (χ4v) is 2.50. The predicted molar refractivity (Wildman–Crippen MR) is 76.3 cm³/mol. The number of non-ortho nitro benzene ring substituents is 1. The molecule has 0 amide bonds. The maximum Gasteiger partial charge on any atom is 0.275 e. The number of methoxy groups -OCH3 is 1. The zero-order valence-electron chi connectivity index (χ0n) is 11.8. The van der Waals surface area contributed by atoms with Gasteiger partial charge in [-0.25, -0.2) is 0 Å². The number of rotatable bonds is 3. The molecule has 0 radical (unpaired) electrons. The summed E-state index contributed by atoms with van der Waals surface area (Å²) in [5.74, 6) is 0.477. The maximum absolute atomic E-state index is 11.0. The highest BCUT2D eigenvalue weighted by molar-refractivity contribution is 5.58. The Morgan fingerprint density at radius 2 is 2.10 bits per heavy atom. The number of nitrogens with zero attached hydrogens (tertiary/aromatic N) is 2. The van der Waals surface area contributed by atoms with Crippen LogP contribution in [0.25, 0.3) is 0 Å². The molecule has 2 rings (SSSR count). The minimum absolute atomic E-state index is 0.0235. The fraction of sp³-hybridized carbons (Fsp3) is 0.571. The molecule has 1 aromatic rings. The second kappa shape index (κ2) is 5.66. The Hall–Kier alpha value is -1.82. The molecule has 6 nitrogen and oxygen atoms in total. The lowest BCUT2D eigenvalue weighted by atomic mass is 9.98. The Labute approximate surface area is 118 Å². The lowest BCUT2D eigenvalue weighted by Crippen LogP contribution is -2.28. The van der Waals surface area contributed by atoms with Gasteiger partial charge in [-0.1, -0.05) is 0 Å². The minimum Gasteiger partial charge on any atom is -0.496 e. The van der Waals surface area contributed by atoms with E-state index in [1.165, 1.54) is 13.2 Å². The summed E-state index contributed by atoms with van der Waals surface area (Å²) >= 11 is 0. The van der Waals surface area contributed by atoms with Gasteiger partial charge in [-0.15, -0.1) is 0 Å². The number of anilines is 1. The zero-order chi connectivity index (χ0) is 14.8. The van der Waals surface area contributed by atoms with Gasteiger partial charge in [0.1, 0.15) is 5.75 Å². The summed E-state index contributed by atoms with van der Waals surface area (Å²) in [5, 5.41) is 21.1. The van der Waals surface area contributed by atoms with Crippen LogP contribution in [0.4, 0.5) is 11.4 Å². The molecule has 1 saturated heterocycles. The van der Waals surface area contributed by atoms with Crippen molar-refractivity contribution in [3.8, 4) is 5.75 Å². The lowest BCUT2D eigenvalue weighted by molar-refractivity contribution is -0.384. The van der Waals surface area contributed by atoms with E-state index < -0.39 is 10.5 Å². The smallest absolute Gasteiger partial charge is 0.275 e. The summed E-state index contributed by atoms with van der Waals surface area (Å²) in [6.07, 6.45) is 2.26. The summed E-state index contributed by atoms with van der Waals surface area (Å²) in [4.78, 5) is 12.6. The molecule has 1 atom stereocenters. The zero-order valence-corrected chi connectivity index (χ0v) is 11.8. The Balaban J connectivity index is 2.27. The lowest BCUT2D eigenvalue weighted by Gasteiger charge is -2.24. The summed E-state index contributed by atoms with van der Waals surface area (Å²) in [5.41, 5.74) is 0.142. The fourth-order valence-electron chi connectivity index (χ4n) is 2.50. The van der Waals surface area contributed by atoms with Crippen LogP contribution in [0.5, 0.6) is 5.75 Å². The Kier molecular flexibility index (Phi) is 4.13. The largest absolute Gasteiger partial charge is 0.496 e. The summed E-state index contributed by atoms with van der Waals surface area (Å²) in [6, 6.07) is 4.77. The van der Waals surface area contributed by atoms with Gasteiger partial charge in [0.25, 0.3) is 5.69 Å². The van der Waals surface area contributed by atoms with Crippen molar-refractivity contribution < 1.29 is 14.8 Å². The molecule has 0 aliphatic carbocycles. The highest BCUT2D eigenvalue weighted by atomic mass is 16.6. The highest BCUT2D eigenvalue weighted by Crippen LogP contribution is 2.31. The molecule has 1 unspecified atom stereocenters. The molecular weight excluding hydrogens is 260 g/mol. The van der Waals surface area contributed by atoms with Gasteiger partial charge in [-0.2, -0.15) is 0 Å². The molecular formula is C14H20N2O4. The summed E-state index contributed by atoms with van der Waals surface area (Å²) < 4.78 is 5.13. The highest BCUT2D eigenvalue weighted by Gasteiger charge is 2.26. The SMILES string of the molecule is COc1cc(N2CCCC(C)(O)CC2)cc([N+](=O)[O-])c1. The Morgan fingerprint density at radius 3 is 2.75 bits per heavy atom. The number of hydrogen-bond donors (Lipinski definition) is 1. The van der Waals surface area contributed by atoms with Crippen molar-refractivity contribution in [2.24, 2.45) is 0 Å². The standard InChI is InChI=1S/C14H20N2O4/c1-14(17)4-3-6-15(7-5-14)11-8-12(16(18)19)10-13(9-11)20-2/h8-10,17H,3-7H2,1-2H3. The molecule has 0 saturated carbocycles. The van der Waals surface area contributed by atoms with Crippen molar-refractivity contribution in [1.29, 1.82) is 0 Å². The number of nitro benzene ring substituents is 1. The van der Waals surface area contributed by atoms with Crippen LogP contribution in [0.15, 0.2) is 18.2 Å². The van der Waals surface area contributed by atoms with Crippen molar-refractivity contribution in [2.45, 2.75) is 31.8 Å². The van der Waals surface area contributed by atoms with Crippen LogP contribution in [-0.4, -0.2) is 35.8 Å². The average molecular weight is 280 g/mol. The van der Waals surface area contributed by atoms with Gasteiger partial charge < -0.3 is 14.7 Å². The van der Waals surface area contributed by atoms with E-state index in [2.05, 4.69) is 4.90 Å². The van der Waals surface area contributed by atoms with Crippen molar-refractivity contribution in [2.75, 3.05) is 25.1 Å². The van der Waals surface area contributed by atoms with Crippen molar-refractivity contribution >= 4 is 11.4 Å². The Bertz CT molecular complexity index is 502. The average Bonchev–Trinajstić information content (AvgIpc) is 2.59.